The minimum absolute atomic E-state index is 0.0963. The van der Waals surface area contributed by atoms with Crippen molar-refractivity contribution in [2.75, 3.05) is 35.2 Å². The molecule has 4 amide bonds. The van der Waals surface area contributed by atoms with Crippen molar-refractivity contribution in [1.82, 2.24) is 4.90 Å². The molecular formula is C27H26Cl2N4O3. The normalized spacial score (nSPS) is 13.0. The molecule has 0 unspecified atom stereocenters. The highest BCUT2D eigenvalue weighted by atomic mass is 35.5. The third kappa shape index (κ3) is 6.36. The summed E-state index contributed by atoms with van der Waals surface area (Å²) < 4.78 is 0. The van der Waals surface area contributed by atoms with E-state index in [1.54, 1.807) is 76.5 Å². The van der Waals surface area contributed by atoms with Gasteiger partial charge in [0.15, 0.2) is 0 Å². The average Bonchev–Trinajstić information content (AvgIpc) is 3.27. The summed E-state index contributed by atoms with van der Waals surface area (Å²) in [5.41, 5.74) is 3.08. The maximum atomic E-state index is 13.3. The van der Waals surface area contributed by atoms with Gasteiger partial charge in [-0.25, -0.2) is 4.79 Å². The van der Waals surface area contributed by atoms with Crippen LogP contribution in [-0.2, 0) is 4.79 Å². The highest BCUT2D eigenvalue weighted by molar-refractivity contribution is 6.31. The quantitative estimate of drug-likeness (QED) is 0.385. The van der Waals surface area contributed by atoms with E-state index in [2.05, 4.69) is 10.6 Å². The van der Waals surface area contributed by atoms with Gasteiger partial charge in [-0.15, -0.1) is 0 Å². The molecule has 36 heavy (non-hydrogen) atoms. The van der Waals surface area contributed by atoms with E-state index in [0.717, 1.165) is 12.0 Å². The number of amides is 4. The van der Waals surface area contributed by atoms with Gasteiger partial charge in [-0.1, -0.05) is 23.2 Å². The lowest BCUT2D eigenvalue weighted by molar-refractivity contribution is -0.127. The van der Waals surface area contributed by atoms with E-state index in [9.17, 15) is 14.4 Å². The fourth-order valence-electron chi connectivity index (χ4n) is 4.05. The number of halogens is 2. The van der Waals surface area contributed by atoms with Crippen LogP contribution in [0.3, 0.4) is 0 Å². The van der Waals surface area contributed by atoms with Crippen LogP contribution in [0, 0.1) is 6.92 Å². The van der Waals surface area contributed by atoms with Gasteiger partial charge >= 0.3 is 6.03 Å². The molecule has 0 saturated carbocycles. The third-order valence-corrected chi connectivity index (χ3v) is 6.46. The number of hydrogen-bond donors (Lipinski definition) is 2. The number of hydrogen-bond acceptors (Lipinski definition) is 3. The Morgan fingerprint density at radius 2 is 1.53 bits per heavy atom. The van der Waals surface area contributed by atoms with Crippen molar-refractivity contribution in [3.63, 3.8) is 0 Å². The molecule has 3 aromatic carbocycles. The highest BCUT2D eigenvalue weighted by Gasteiger charge is 2.24. The molecule has 186 valence electrons. The zero-order valence-electron chi connectivity index (χ0n) is 19.8. The molecule has 1 aliphatic rings. The number of nitrogens with one attached hydrogen (secondary N) is 2. The standard InChI is InChI=1S/C27H26Cl2N4O3/c1-18-17-19(26(35)30-22-9-5-20(28)6-10-22)4-13-24(18)33(16-15-32-14-2-3-25(32)34)27(36)31-23-11-7-21(29)8-12-23/h4-13,17H,2-3,14-16H2,1H3,(H,30,35)(H,31,36). The van der Waals surface area contributed by atoms with Crippen LogP contribution in [0.2, 0.25) is 10.0 Å². The minimum Gasteiger partial charge on any atom is -0.341 e. The first-order chi connectivity index (χ1) is 17.3. The van der Waals surface area contributed by atoms with Gasteiger partial charge in [-0.2, -0.15) is 0 Å². The van der Waals surface area contributed by atoms with Gasteiger partial charge < -0.3 is 15.5 Å². The van der Waals surface area contributed by atoms with Crippen molar-refractivity contribution in [2.45, 2.75) is 19.8 Å². The highest BCUT2D eigenvalue weighted by Crippen LogP contribution is 2.24. The molecule has 0 radical (unpaired) electrons. The Kier molecular flexibility index (Phi) is 8.13. The lowest BCUT2D eigenvalue weighted by atomic mass is 10.1. The average molecular weight is 525 g/mol. The molecule has 0 bridgehead atoms. The Morgan fingerprint density at radius 3 is 2.08 bits per heavy atom. The SMILES string of the molecule is Cc1cc(C(=O)Nc2ccc(Cl)cc2)ccc1N(CCN1CCCC1=O)C(=O)Nc1ccc(Cl)cc1. The van der Waals surface area contributed by atoms with Crippen molar-refractivity contribution < 1.29 is 14.4 Å². The van der Waals surface area contributed by atoms with Crippen LogP contribution in [0.5, 0.6) is 0 Å². The van der Waals surface area contributed by atoms with E-state index >= 15 is 0 Å². The first kappa shape index (κ1) is 25.5. The van der Waals surface area contributed by atoms with Crippen LogP contribution in [-0.4, -0.2) is 42.4 Å². The van der Waals surface area contributed by atoms with Crippen molar-refractivity contribution in [2.24, 2.45) is 0 Å². The molecule has 7 nitrogen and oxygen atoms in total. The fourth-order valence-corrected chi connectivity index (χ4v) is 4.30. The minimum atomic E-state index is -0.342. The van der Waals surface area contributed by atoms with Gasteiger partial charge in [-0.05, 0) is 85.6 Å². The first-order valence-corrected chi connectivity index (χ1v) is 12.4. The van der Waals surface area contributed by atoms with Crippen molar-refractivity contribution in [1.29, 1.82) is 0 Å². The zero-order chi connectivity index (χ0) is 25.7. The van der Waals surface area contributed by atoms with Gasteiger partial charge in [0.1, 0.15) is 0 Å². The number of rotatable bonds is 7. The summed E-state index contributed by atoms with van der Waals surface area (Å²) in [5, 5.41) is 6.89. The molecular weight excluding hydrogens is 499 g/mol. The number of urea groups is 1. The molecule has 0 atom stereocenters. The van der Waals surface area contributed by atoms with Crippen LogP contribution in [0.25, 0.3) is 0 Å². The van der Waals surface area contributed by atoms with E-state index in [0.29, 0.717) is 58.7 Å². The second kappa shape index (κ2) is 11.5. The molecule has 0 spiro atoms. The van der Waals surface area contributed by atoms with Gasteiger partial charge in [0, 0.05) is 58.7 Å². The Hall–Kier alpha value is -3.55. The Labute approximate surface area is 220 Å². The van der Waals surface area contributed by atoms with Gasteiger partial charge in [0.25, 0.3) is 5.91 Å². The molecule has 9 heteroatoms. The monoisotopic (exact) mass is 524 g/mol. The lowest BCUT2D eigenvalue weighted by Gasteiger charge is -2.27. The second-order valence-electron chi connectivity index (χ2n) is 8.54. The zero-order valence-corrected chi connectivity index (χ0v) is 21.3. The van der Waals surface area contributed by atoms with Gasteiger partial charge in [-0.3, -0.25) is 14.5 Å². The number of nitrogens with zero attached hydrogens (tertiary/aromatic N) is 2. The second-order valence-corrected chi connectivity index (χ2v) is 9.41. The largest absolute Gasteiger partial charge is 0.341 e. The molecule has 2 N–H and O–H groups in total. The number of benzene rings is 3. The molecule has 0 aliphatic carbocycles. The van der Waals surface area contributed by atoms with Crippen LogP contribution in [0.4, 0.5) is 21.9 Å². The molecule has 1 fully saturated rings. The molecule has 4 rings (SSSR count). The third-order valence-electron chi connectivity index (χ3n) is 5.96. The number of likely N-dealkylation sites (tertiary alicyclic amines) is 1. The summed E-state index contributed by atoms with van der Waals surface area (Å²) in [7, 11) is 0. The Bertz CT molecular complexity index is 1260. The predicted octanol–water partition coefficient (Wildman–Crippen LogP) is 6.22. The van der Waals surface area contributed by atoms with E-state index in [-0.39, 0.29) is 17.8 Å². The fraction of sp³-hybridized carbons (Fsp3) is 0.222. The van der Waals surface area contributed by atoms with E-state index in [1.165, 1.54) is 0 Å². The van der Waals surface area contributed by atoms with E-state index in [1.807, 2.05) is 6.92 Å². The Balaban J connectivity index is 1.54. The predicted molar refractivity (Wildman–Crippen MR) is 144 cm³/mol. The maximum Gasteiger partial charge on any atom is 0.326 e. The molecule has 3 aromatic rings. The topological polar surface area (TPSA) is 81.8 Å². The number of aryl methyl sites for hydroxylation is 1. The number of anilines is 3. The van der Waals surface area contributed by atoms with Crippen molar-refractivity contribution >= 4 is 58.1 Å². The van der Waals surface area contributed by atoms with Gasteiger partial charge in [0.05, 0.1) is 0 Å². The van der Waals surface area contributed by atoms with E-state index in [4.69, 9.17) is 23.2 Å². The van der Waals surface area contributed by atoms with Crippen LogP contribution < -0.4 is 15.5 Å². The summed E-state index contributed by atoms with van der Waals surface area (Å²) in [6.07, 6.45) is 1.36. The molecule has 1 aliphatic heterocycles. The van der Waals surface area contributed by atoms with Crippen LogP contribution in [0.15, 0.2) is 66.7 Å². The number of carbonyl (C=O) groups is 3. The molecule has 1 heterocycles. The van der Waals surface area contributed by atoms with Crippen molar-refractivity contribution in [3.05, 3.63) is 87.9 Å². The van der Waals surface area contributed by atoms with Gasteiger partial charge in [0.2, 0.25) is 5.91 Å². The summed E-state index contributed by atoms with van der Waals surface area (Å²) in [5.74, 6) is -0.175. The lowest BCUT2D eigenvalue weighted by Crippen LogP contribution is -2.41. The first-order valence-electron chi connectivity index (χ1n) is 11.6. The summed E-state index contributed by atoms with van der Waals surface area (Å²) >= 11 is 11.9. The summed E-state index contributed by atoms with van der Waals surface area (Å²) in [6, 6.07) is 18.5. The van der Waals surface area contributed by atoms with Crippen LogP contribution >= 0.6 is 23.2 Å². The summed E-state index contributed by atoms with van der Waals surface area (Å²) in [4.78, 5) is 41.6. The number of carbonyl (C=O) groups excluding carboxylic acids is 3. The van der Waals surface area contributed by atoms with E-state index < -0.39 is 0 Å². The maximum absolute atomic E-state index is 13.3. The van der Waals surface area contributed by atoms with Crippen LogP contribution in [0.1, 0.15) is 28.8 Å². The Morgan fingerprint density at radius 1 is 0.917 bits per heavy atom. The smallest absolute Gasteiger partial charge is 0.326 e. The van der Waals surface area contributed by atoms with Crippen molar-refractivity contribution in [3.8, 4) is 0 Å². The molecule has 1 saturated heterocycles. The summed E-state index contributed by atoms with van der Waals surface area (Å²) in [6.45, 7) is 3.26. The molecule has 0 aromatic heterocycles.